The Labute approximate surface area is 81.1 Å². The molecule has 0 saturated heterocycles. The van der Waals surface area contributed by atoms with Gasteiger partial charge in [0.25, 0.3) is 10.0 Å². The van der Waals surface area contributed by atoms with Crippen molar-refractivity contribution in [1.82, 2.24) is 4.72 Å². The second kappa shape index (κ2) is 2.59. The Morgan fingerprint density at radius 1 is 1.46 bits per heavy atom. The molecular weight excluding hydrogens is 206 g/mol. The number of fused-ring (bicyclic) bond motifs is 1. The summed E-state index contributed by atoms with van der Waals surface area (Å²) in [6.07, 6.45) is 0. The summed E-state index contributed by atoms with van der Waals surface area (Å²) in [5.74, 6) is 0. The van der Waals surface area contributed by atoms with E-state index in [1.165, 1.54) is 11.3 Å². The van der Waals surface area contributed by atoms with Crippen LogP contribution in [0.5, 0.6) is 0 Å². The smallest absolute Gasteiger partial charge is 0.272 e. The Kier molecular flexibility index (Phi) is 1.75. The van der Waals surface area contributed by atoms with Crippen molar-refractivity contribution in [3.63, 3.8) is 0 Å². The average Bonchev–Trinajstić information content (AvgIpc) is 2.53. The highest BCUT2D eigenvalue weighted by Crippen LogP contribution is 2.35. The molecule has 0 atom stereocenters. The Morgan fingerprint density at radius 2 is 2.15 bits per heavy atom. The maximum atomic E-state index is 11.5. The lowest BCUT2D eigenvalue weighted by Crippen LogP contribution is -2.13. The summed E-state index contributed by atoms with van der Waals surface area (Å²) in [5, 5.41) is 1.80. The van der Waals surface area contributed by atoms with Crippen molar-refractivity contribution in [2.75, 3.05) is 0 Å². The first kappa shape index (κ1) is 8.77. The number of nitrogens with one attached hydrogen (secondary N) is 1. The quantitative estimate of drug-likeness (QED) is 0.717. The normalized spacial score (nSPS) is 18.2. The zero-order chi connectivity index (χ0) is 9.64. The van der Waals surface area contributed by atoms with E-state index in [9.17, 15) is 8.42 Å². The third-order valence-electron chi connectivity index (χ3n) is 1.88. The molecule has 0 radical (unpaired) electrons. The monoisotopic (exact) mass is 215 g/mol. The number of hydrogen-bond donors (Lipinski definition) is 1. The van der Waals surface area contributed by atoms with E-state index in [0.29, 0.717) is 4.21 Å². The number of sulfonamides is 1. The van der Waals surface area contributed by atoms with E-state index in [4.69, 9.17) is 0 Å². The Hall–Kier alpha value is -0.810. The molecule has 1 aliphatic heterocycles. The van der Waals surface area contributed by atoms with E-state index < -0.39 is 10.0 Å². The fraction of sp³-hybridized carbons (Fsp3) is 0.250. The minimum absolute atomic E-state index is 0.434. The molecule has 1 N–H and O–H groups in total. The Bertz CT molecular complexity index is 478. The highest BCUT2D eigenvalue weighted by atomic mass is 32.2. The molecule has 1 aromatic heterocycles. The topological polar surface area (TPSA) is 46.2 Å². The third-order valence-corrected chi connectivity index (χ3v) is 4.71. The van der Waals surface area contributed by atoms with Gasteiger partial charge in [0, 0.05) is 5.56 Å². The zero-order valence-corrected chi connectivity index (χ0v) is 8.92. The summed E-state index contributed by atoms with van der Waals surface area (Å²) < 4.78 is 26.0. The fourth-order valence-corrected chi connectivity index (χ4v) is 3.85. The van der Waals surface area contributed by atoms with Crippen LogP contribution < -0.4 is 4.72 Å². The number of thiophene rings is 1. The van der Waals surface area contributed by atoms with Gasteiger partial charge in [-0.2, -0.15) is 0 Å². The second-order valence-corrected chi connectivity index (χ2v) is 5.90. The molecule has 1 aromatic rings. The number of rotatable bonds is 0. The van der Waals surface area contributed by atoms with Gasteiger partial charge in [-0.15, -0.1) is 11.3 Å². The summed E-state index contributed by atoms with van der Waals surface area (Å²) in [6.45, 7) is 3.79. The molecular formula is C8H9NO2S2. The first-order valence-corrected chi connectivity index (χ1v) is 6.17. The molecule has 0 saturated carbocycles. The van der Waals surface area contributed by atoms with E-state index in [1.54, 1.807) is 5.38 Å². The Morgan fingerprint density at radius 3 is 2.77 bits per heavy atom. The van der Waals surface area contributed by atoms with Crippen LogP contribution in [0.25, 0.3) is 5.70 Å². The summed E-state index contributed by atoms with van der Waals surface area (Å²) in [4.78, 5) is 0. The molecule has 0 aliphatic carbocycles. The van der Waals surface area contributed by atoms with Gasteiger partial charge in [0.1, 0.15) is 4.21 Å². The van der Waals surface area contributed by atoms with Crippen molar-refractivity contribution in [3.8, 4) is 0 Å². The lowest BCUT2D eigenvalue weighted by molar-refractivity contribution is 0.596. The molecule has 5 heteroatoms. The summed E-state index contributed by atoms with van der Waals surface area (Å²) in [7, 11) is -3.25. The maximum Gasteiger partial charge on any atom is 0.272 e. The minimum Gasteiger partial charge on any atom is -0.278 e. The zero-order valence-electron chi connectivity index (χ0n) is 7.29. The predicted molar refractivity (Wildman–Crippen MR) is 52.9 cm³/mol. The molecule has 1 aliphatic rings. The number of hydrogen-bond acceptors (Lipinski definition) is 3. The molecule has 2 rings (SSSR count). The maximum absolute atomic E-state index is 11.5. The molecule has 13 heavy (non-hydrogen) atoms. The third kappa shape index (κ3) is 1.19. The van der Waals surface area contributed by atoms with Crippen LogP contribution in [0.2, 0.25) is 0 Å². The summed E-state index contributed by atoms with van der Waals surface area (Å²) >= 11 is 1.26. The van der Waals surface area contributed by atoms with Gasteiger partial charge in [-0.25, -0.2) is 8.42 Å². The van der Waals surface area contributed by atoms with E-state index in [-0.39, 0.29) is 0 Å². The van der Waals surface area contributed by atoms with Crippen LogP contribution in [0.3, 0.4) is 0 Å². The van der Waals surface area contributed by atoms with Crippen molar-refractivity contribution in [2.45, 2.75) is 18.1 Å². The lowest BCUT2D eigenvalue weighted by Gasteiger charge is -2.00. The van der Waals surface area contributed by atoms with Gasteiger partial charge in [0.15, 0.2) is 0 Å². The van der Waals surface area contributed by atoms with Crippen LogP contribution in [0.15, 0.2) is 21.2 Å². The van der Waals surface area contributed by atoms with Crippen LogP contribution in [0.1, 0.15) is 19.4 Å². The largest absolute Gasteiger partial charge is 0.278 e. The SMILES string of the molecule is CC(C)=C1NS(=O)(=O)c2sccc21. The minimum atomic E-state index is -3.25. The highest BCUT2D eigenvalue weighted by molar-refractivity contribution is 7.92. The molecule has 0 spiro atoms. The second-order valence-electron chi connectivity index (χ2n) is 3.10. The summed E-state index contributed by atoms with van der Waals surface area (Å²) in [6, 6.07) is 1.83. The van der Waals surface area contributed by atoms with Gasteiger partial charge in [-0.3, -0.25) is 4.72 Å². The number of allylic oxidation sites excluding steroid dienone is 1. The van der Waals surface area contributed by atoms with Crippen molar-refractivity contribution >= 4 is 27.1 Å². The molecule has 0 amide bonds. The summed E-state index contributed by atoms with van der Waals surface area (Å²) in [5.41, 5.74) is 2.53. The standard InChI is InChI=1S/C8H9NO2S2/c1-5(2)7-6-3-4-12-8(6)13(10,11)9-7/h3-4,9H,1-2H3. The van der Waals surface area contributed by atoms with Crippen molar-refractivity contribution in [3.05, 3.63) is 22.6 Å². The molecule has 0 fully saturated rings. The van der Waals surface area contributed by atoms with E-state index >= 15 is 0 Å². The first-order valence-electron chi connectivity index (χ1n) is 3.80. The fourth-order valence-electron chi connectivity index (χ4n) is 1.30. The Balaban J connectivity index is 2.77. The molecule has 0 aromatic carbocycles. The molecule has 3 nitrogen and oxygen atoms in total. The van der Waals surface area contributed by atoms with Crippen LogP contribution in [0.4, 0.5) is 0 Å². The first-order chi connectivity index (χ1) is 6.02. The molecule has 2 heterocycles. The van der Waals surface area contributed by atoms with Gasteiger partial charge >= 0.3 is 0 Å². The van der Waals surface area contributed by atoms with Crippen LogP contribution in [0, 0.1) is 0 Å². The van der Waals surface area contributed by atoms with Crippen molar-refractivity contribution in [2.24, 2.45) is 0 Å². The van der Waals surface area contributed by atoms with Gasteiger partial charge in [-0.05, 0) is 25.3 Å². The molecule has 0 unspecified atom stereocenters. The van der Waals surface area contributed by atoms with E-state index in [0.717, 1.165) is 16.8 Å². The molecule has 0 bridgehead atoms. The van der Waals surface area contributed by atoms with Crippen LogP contribution >= 0.6 is 11.3 Å². The average molecular weight is 215 g/mol. The highest BCUT2D eigenvalue weighted by Gasteiger charge is 2.31. The van der Waals surface area contributed by atoms with Crippen molar-refractivity contribution < 1.29 is 8.42 Å². The van der Waals surface area contributed by atoms with Crippen LogP contribution in [-0.2, 0) is 10.0 Å². The van der Waals surface area contributed by atoms with Gasteiger partial charge < -0.3 is 0 Å². The molecule has 70 valence electrons. The lowest BCUT2D eigenvalue weighted by atomic mass is 10.2. The predicted octanol–water partition coefficient (Wildman–Crippen LogP) is 1.79. The van der Waals surface area contributed by atoms with Crippen molar-refractivity contribution in [1.29, 1.82) is 0 Å². The van der Waals surface area contributed by atoms with E-state index in [1.807, 2.05) is 19.9 Å². The van der Waals surface area contributed by atoms with Gasteiger partial charge in [0.2, 0.25) is 0 Å². The van der Waals surface area contributed by atoms with Gasteiger partial charge in [-0.1, -0.05) is 5.57 Å². The van der Waals surface area contributed by atoms with E-state index in [2.05, 4.69) is 4.72 Å². The van der Waals surface area contributed by atoms with Gasteiger partial charge in [0.05, 0.1) is 5.70 Å². The van der Waals surface area contributed by atoms with Crippen LogP contribution in [-0.4, -0.2) is 8.42 Å².